The van der Waals surface area contributed by atoms with Crippen LogP contribution in [0.25, 0.3) is 0 Å². The fourth-order valence-electron chi connectivity index (χ4n) is 4.14. The molecule has 0 radical (unpaired) electrons. The summed E-state index contributed by atoms with van der Waals surface area (Å²) in [5.74, 6) is 0.979. The number of nitrogens with one attached hydrogen (secondary N) is 2. The zero-order valence-corrected chi connectivity index (χ0v) is 20.4. The highest BCUT2D eigenvalue weighted by Crippen LogP contribution is 2.31. The van der Waals surface area contributed by atoms with Crippen molar-refractivity contribution in [1.29, 1.82) is 0 Å². The highest BCUT2D eigenvalue weighted by atomic mass is 16.5. The molecule has 1 saturated heterocycles. The van der Waals surface area contributed by atoms with Gasteiger partial charge in [-0.05, 0) is 44.0 Å². The standard InChI is InChI=1S/C26H30N6O4/c1-3-36-22-7-5-4-6-20(22)30-21-14-24(29-16-19(21)25(27)33)31-23-9-8-18(15-28-23)32-12-10-17(11-13-32)26(34)35-2/h4-9,14-17H,3,10-13H2,1-2H3,(H2,27,33)(H2,28,29,30,31). The minimum atomic E-state index is -0.594. The van der Waals surface area contributed by atoms with Crippen LogP contribution in [-0.2, 0) is 9.53 Å². The van der Waals surface area contributed by atoms with Gasteiger partial charge in [-0.2, -0.15) is 0 Å². The van der Waals surface area contributed by atoms with Crippen LogP contribution in [0.4, 0.5) is 28.7 Å². The Morgan fingerprint density at radius 3 is 2.44 bits per heavy atom. The van der Waals surface area contributed by atoms with E-state index in [1.165, 1.54) is 13.3 Å². The van der Waals surface area contributed by atoms with Crippen LogP contribution < -0.4 is 26.0 Å². The lowest BCUT2D eigenvalue weighted by Gasteiger charge is -2.32. The van der Waals surface area contributed by atoms with E-state index >= 15 is 0 Å². The number of aromatic nitrogens is 2. The van der Waals surface area contributed by atoms with E-state index in [9.17, 15) is 9.59 Å². The highest BCUT2D eigenvalue weighted by Gasteiger charge is 2.25. The Balaban J connectivity index is 1.47. The van der Waals surface area contributed by atoms with Gasteiger partial charge < -0.3 is 30.7 Å². The number of nitrogens with zero attached hydrogens (tertiary/aromatic N) is 3. The van der Waals surface area contributed by atoms with Gasteiger partial charge in [0, 0.05) is 25.4 Å². The number of amides is 1. The van der Waals surface area contributed by atoms with Crippen molar-refractivity contribution in [1.82, 2.24) is 9.97 Å². The summed E-state index contributed by atoms with van der Waals surface area (Å²) >= 11 is 0. The van der Waals surface area contributed by atoms with E-state index in [1.807, 2.05) is 43.3 Å². The first-order valence-corrected chi connectivity index (χ1v) is 11.8. The number of pyridine rings is 2. The third-order valence-corrected chi connectivity index (χ3v) is 6.02. The Morgan fingerprint density at radius 1 is 1.03 bits per heavy atom. The number of methoxy groups -OCH3 is 1. The summed E-state index contributed by atoms with van der Waals surface area (Å²) in [6.45, 7) is 3.95. The first kappa shape index (κ1) is 24.8. The van der Waals surface area contributed by atoms with E-state index in [4.69, 9.17) is 15.2 Å². The Labute approximate surface area is 209 Å². The zero-order chi connectivity index (χ0) is 25.5. The van der Waals surface area contributed by atoms with Crippen LogP contribution in [-0.4, -0.2) is 48.7 Å². The second kappa shape index (κ2) is 11.4. The average molecular weight is 491 g/mol. The number of anilines is 5. The summed E-state index contributed by atoms with van der Waals surface area (Å²) in [6, 6.07) is 13.0. The van der Waals surface area contributed by atoms with Gasteiger partial charge in [0.25, 0.3) is 5.91 Å². The maximum absolute atomic E-state index is 12.0. The van der Waals surface area contributed by atoms with E-state index in [1.54, 1.807) is 12.3 Å². The summed E-state index contributed by atoms with van der Waals surface area (Å²) in [7, 11) is 1.43. The normalized spacial score (nSPS) is 13.7. The van der Waals surface area contributed by atoms with Gasteiger partial charge in [-0.3, -0.25) is 9.59 Å². The number of ether oxygens (including phenoxy) is 2. The summed E-state index contributed by atoms with van der Waals surface area (Å²) in [5.41, 5.74) is 8.02. The smallest absolute Gasteiger partial charge is 0.308 e. The maximum atomic E-state index is 12.0. The molecule has 3 heterocycles. The molecule has 0 aliphatic carbocycles. The molecule has 1 aliphatic rings. The number of hydrogen-bond donors (Lipinski definition) is 3. The third-order valence-electron chi connectivity index (χ3n) is 6.02. The van der Waals surface area contributed by atoms with Gasteiger partial charge in [-0.1, -0.05) is 12.1 Å². The van der Waals surface area contributed by atoms with Crippen LogP contribution in [0, 0.1) is 5.92 Å². The van der Waals surface area contributed by atoms with Crippen molar-refractivity contribution in [2.24, 2.45) is 11.7 Å². The maximum Gasteiger partial charge on any atom is 0.308 e. The highest BCUT2D eigenvalue weighted by molar-refractivity contribution is 5.99. The summed E-state index contributed by atoms with van der Waals surface area (Å²) in [6.07, 6.45) is 4.72. The van der Waals surface area contributed by atoms with Crippen LogP contribution in [0.1, 0.15) is 30.1 Å². The Bertz CT molecular complexity index is 1210. The molecule has 10 heteroatoms. The van der Waals surface area contributed by atoms with Gasteiger partial charge in [0.05, 0.1) is 48.5 Å². The number of piperidine rings is 1. The number of carbonyl (C=O) groups excluding carboxylic acids is 2. The largest absolute Gasteiger partial charge is 0.492 e. The molecule has 36 heavy (non-hydrogen) atoms. The second-order valence-electron chi connectivity index (χ2n) is 8.34. The number of esters is 1. The molecule has 0 saturated carbocycles. The quantitative estimate of drug-likeness (QED) is 0.383. The fraction of sp³-hybridized carbons (Fsp3) is 0.308. The SMILES string of the molecule is CCOc1ccccc1Nc1cc(Nc2ccc(N3CCC(C(=O)OC)CC3)cn2)ncc1C(N)=O. The van der Waals surface area contributed by atoms with E-state index in [0.29, 0.717) is 35.4 Å². The van der Waals surface area contributed by atoms with E-state index in [2.05, 4.69) is 25.5 Å². The average Bonchev–Trinajstić information content (AvgIpc) is 2.90. The third kappa shape index (κ3) is 5.83. The zero-order valence-electron chi connectivity index (χ0n) is 20.4. The van der Waals surface area contributed by atoms with Crippen LogP contribution in [0.3, 0.4) is 0 Å². The first-order chi connectivity index (χ1) is 17.5. The molecule has 0 spiro atoms. The number of carbonyl (C=O) groups is 2. The number of nitrogens with two attached hydrogens (primary N) is 1. The molecule has 0 bridgehead atoms. The molecule has 1 aliphatic heterocycles. The number of para-hydroxylation sites is 2. The molecule has 1 amide bonds. The molecule has 188 valence electrons. The van der Waals surface area contributed by atoms with Gasteiger partial charge in [0.2, 0.25) is 0 Å². The molecule has 10 nitrogen and oxygen atoms in total. The number of primary amides is 1. The van der Waals surface area contributed by atoms with Gasteiger partial charge in [-0.25, -0.2) is 9.97 Å². The number of hydrogen-bond acceptors (Lipinski definition) is 9. The lowest BCUT2D eigenvalue weighted by molar-refractivity contribution is -0.146. The fourth-order valence-corrected chi connectivity index (χ4v) is 4.14. The minimum Gasteiger partial charge on any atom is -0.492 e. The van der Waals surface area contributed by atoms with Crippen molar-refractivity contribution >= 4 is 40.6 Å². The molecule has 1 fully saturated rings. The Morgan fingerprint density at radius 2 is 1.78 bits per heavy atom. The minimum absolute atomic E-state index is 0.0436. The van der Waals surface area contributed by atoms with Crippen LogP contribution >= 0.6 is 0 Å². The van der Waals surface area contributed by atoms with Gasteiger partial charge in [0.15, 0.2) is 0 Å². The van der Waals surface area contributed by atoms with Gasteiger partial charge in [-0.15, -0.1) is 0 Å². The Kier molecular flexibility index (Phi) is 7.84. The lowest BCUT2D eigenvalue weighted by atomic mass is 9.97. The van der Waals surface area contributed by atoms with Crippen molar-refractivity contribution < 1.29 is 19.1 Å². The topological polar surface area (TPSA) is 132 Å². The van der Waals surface area contributed by atoms with E-state index in [-0.39, 0.29) is 17.5 Å². The van der Waals surface area contributed by atoms with Crippen LogP contribution in [0.5, 0.6) is 5.75 Å². The molecule has 2 aromatic heterocycles. The van der Waals surface area contributed by atoms with E-state index in [0.717, 1.165) is 31.6 Å². The van der Waals surface area contributed by atoms with Crippen molar-refractivity contribution in [3.63, 3.8) is 0 Å². The van der Waals surface area contributed by atoms with Crippen LogP contribution in [0.2, 0.25) is 0 Å². The molecule has 3 aromatic rings. The molecule has 0 unspecified atom stereocenters. The summed E-state index contributed by atoms with van der Waals surface area (Å²) < 4.78 is 10.5. The molecule has 4 rings (SSSR count). The Hall–Kier alpha value is -4.34. The number of benzene rings is 1. The van der Waals surface area contributed by atoms with Crippen molar-refractivity contribution in [3.05, 3.63) is 60.4 Å². The first-order valence-electron chi connectivity index (χ1n) is 11.8. The van der Waals surface area contributed by atoms with Gasteiger partial charge in [0.1, 0.15) is 17.4 Å². The molecule has 4 N–H and O–H groups in total. The molecular formula is C26H30N6O4. The second-order valence-corrected chi connectivity index (χ2v) is 8.34. The lowest BCUT2D eigenvalue weighted by Crippen LogP contribution is -2.36. The van der Waals surface area contributed by atoms with E-state index < -0.39 is 5.91 Å². The van der Waals surface area contributed by atoms with Crippen LogP contribution in [0.15, 0.2) is 54.9 Å². The van der Waals surface area contributed by atoms with Crippen molar-refractivity contribution in [2.45, 2.75) is 19.8 Å². The molecule has 1 aromatic carbocycles. The molecular weight excluding hydrogens is 460 g/mol. The van der Waals surface area contributed by atoms with Gasteiger partial charge >= 0.3 is 5.97 Å². The summed E-state index contributed by atoms with van der Waals surface area (Å²) in [5, 5.41) is 6.41. The molecule has 0 atom stereocenters. The van der Waals surface area contributed by atoms with Crippen molar-refractivity contribution in [3.8, 4) is 5.75 Å². The number of rotatable bonds is 9. The monoisotopic (exact) mass is 490 g/mol. The predicted molar refractivity (Wildman–Crippen MR) is 138 cm³/mol. The van der Waals surface area contributed by atoms with Crippen molar-refractivity contribution in [2.75, 3.05) is 42.3 Å². The predicted octanol–water partition coefficient (Wildman–Crippen LogP) is 3.85. The summed E-state index contributed by atoms with van der Waals surface area (Å²) in [4.78, 5) is 34.8.